The van der Waals surface area contributed by atoms with Crippen LogP contribution in [0.25, 0.3) is 0 Å². The Hall–Kier alpha value is 3.60. The average Bonchev–Trinajstić information content (AvgIpc) is 0. The molecule has 0 amide bonds. The fourth-order valence-electron chi connectivity index (χ4n) is 0. The molecule has 0 N–H and O–H groups in total. The molecule has 0 saturated heterocycles. The van der Waals surface area contributed by atoms with Gasteiger partial charge in [-0.25, -0.2) is 0 Å². The minimum Gasteiger partial charge on any atom is 0 e. The minimum absolute atomic E-state index is 0. The quantitative estimate of drug-likeness (QED) is 0.374. The molecular formula is H9CaMgPSeZn. The van der Waals surface area contributed by atoms with Gasteiger partial charge in [0.25, 0.3) is 0 Å². The van der Waals surface area contributed by atoms with E-state index in [1.807, 2.05) is 0 Å². The van der Waals surface area contributed by atoms with E-state index in [0.29, 0.717) is 0 Å². The summed E-state index contributed by atoms with van der Waals surface area (Å²) in [6, 6.07) is 0. The van der Waals surface area contributed by atoms with Crippen LogP contribution in [0.15, 0.2) is 0 Å². The fourth-order valence-corrected chi connectivity index (χ4v) is 0. The molecule has 0 aromatic carbocycles. The summed E-state index contributed by atoms with van der Waals surface area (Å²) in [6.07, 6.45) is 0. The van der Waals surface area contributed by atoms with Gasteiger partial charge in [-0.05, 0) is 0 Å². The van der Waals surface area contributed by atoms with Gasteiger partial charge in [0.05, 0.1) is 0 Å². The van der Waals surface area contributed by atoms with Crippen LogP contribution < -0.4 is 0 Å². The van der Waals surface area contributed by atoms with Crippen molar-refractivity contribution in [3.63, 3.8) is 0 Å². The van der Waals surface area contributed by atoms with E-state index in [1.54, 1.807) is 0 Å². The van der Waals surface area contributed by atoms with Crippen LogP contribution >= 0.6 is 9.90 Å². The maximum absolute atomic E-state index is 0. The van der Waals surface area contributed by atoms with Crippen LogP contribution in [0.3, 0.4) is 0 Å². The van der Waals surface area contributed by atoms with Crippen LogP contribution in [0.4, 0.5) is 0 Å². The second-order valence-electron chi connectivity index (χ2n) is 0. The Balaban J connectivity index is 0. The van der Waals surface area contributed by atoms with E-state index < -0.39 is 0 Å². The first kappa shape index (κ1) is 38.3. The molecule has 1 atom stereocenters. The van der Waals surface area contributed by atoms with Crippen LogP contribution in [-0.2, 0) is 19.5 Å². The molecule has 0 bridgehead atoms. The van der Waals surface area contributed by atoms with E-state index in [0.717, 1.165) is 0 Å². The molecule has 0 saturated carbocycles. The summed E-state index contributed by atoms with van der Waals surface area (Å²) in [5, 5.41) is 0. The van der Waals surface area contributed by atoms with Crippen LogP contribution in [0.2, 0.25) is 0 Å². The summed E-state index contributed by atoms with van der Waals surface area (Å²) in [5.41, 5.74) is 0. The molecule has 0 aliphatic rings. The van der Waals surface area contributed by atoms with Crippen molar-refractivity contribution in [1.82, 2.24) is 0 Å². The van der Waals surface area contributed by atoms with Crippen molar-refractivity contribution in [3.8, 4) is 0 Å². The van der Waals surface area contributed by atoms with E-state index in [4.69, 9.17) is 0 Å². The third-order valence-electron chi connectivity index (χ3n) is 0. The van der Waals surface area contributed by atoms with Gasteiger partial charge in [0.15, 0.2) is 0 Å². The molecule has 0 aliphatic heterocycles. The Labute approximate surface area is 111 Å². The van der Waals surface area contributed by atoms with Gasteiger partial charge in [0, 0.05) is 19.5 Å². The number of hydrogen-bond acceptors (Lipinski definition) is 0. The van der Waals surface area contributed by atoms with Crippen molar-refractivity contribution in [2.24, 2.45) is 0 Å². The van der Waals surface area contributed by atoms with Crippen molar-refractivity contribution in [3.05, 3.63) is 0 Å². The summed E-state index contributed by atoms with van der Waals surface area (Å²) in [4.78, 5) is 0. The second kappa shape index (κ2) is 25.5. The predicted molar refractivity (Wildman–Crippen MR) is 35.6 cm³/mol. The number of rotatable bonds is 0. The summed E-state index contributed by atoms with van der Waals surface area (Å²) in [7, 11) is 0. The van der Waals surface area contributed by atoms with Gasteiger partial charge in [0.2, 0.25) is 0 Å². The summed E-state index contributed by atoms with van der Waals surface area (Å²) in [5.74, 6) is 0. The van der Waals surface area contributed by atoms with Crippen molar-refractivity contribution in [1.29, 1.82) is 0 Å². The Morgan fingerprint density at radius 2 is 1.20 bits per heavy atom. The molecule has 0 fully saturated rings. The zero-order valence-electron chi connectivity index (χ0n) is 7.33. The fraction of sp³-hybridized carbons (Fsp3) is 0. The Kier molecular flexibility index (Phi) is 196. The molecule has 0 nitrogen and oxygen atoms in total. The first-order chi connectivity index (χ1) is 0. The third kappa shape index (κ3) is 18.4. The zero-order chi connectivity index (χ0) is 0. The van der Waals surface area contributed by atoms with Crippen molar-refractivity contribution >= 4 is 87.8 Å². The molecule has 0 rings (SSSR count). The largest absolute Gasteiger partial charge is 0 e. The molecule has 5 heteroatoms. The Morgan fingerprint density at radius 1 is 1.20 bits per heavy atom. The topological polar surface area (TPSA) is 0 Å². The number of hydrogen-bond donors (Lipinski definition) is 0. The van der Waals surface area contributed by atoms with Gasteiger partial charge in [0.1, 0.15) is 0 Å². The monoisotopic (exact) mass is 248 g/mol. The van der Waals surface area contributed by atoms with Crippen molar-refractivity contribution < 1.29 is 25.2 Å². The molecule has 0 heterocycles. The van der Waals surface area contributed by atoms with E-state index in [2.05, 4.69) is 0 Å². The molecule has 5 heavy (non-hydrogen) atoms. The molecule has 0 radical (unpaired) electrons. The maximum atomic E-state index is 0. The molecule has 0 aromatic rings. The van der Waals surface area contributed by atoms with Gasteiger partial charge in [-0.15, -0.1) is 0 Å². The molecule has 1 unspecified atom stereocenters. The smallest absolute Gasteiger partial charge is 0 e. The summed E-state index contributed by atoms with van der Waals surface area (Å²) >= 11 is 0. The van der Waals surface area contributed by atoms with Gasteiger partial charge in [-0.1, -0.05) is 0 Å². The van der Waals surface area contributed by atoms with Gasteiger partial charge < -0.3 is 5.71 Å². The Morgan fingerprint density at radius 3 is 1.20 bits per heavy atom. The third-order valence-corrected chi connectivity index (χ3v) is 0. The van der Waals surface area contributed by atoms with Gasteiger partial charge in [-0.2, -0.15) is 9.90 Å². The van der Waals surface area contributed by atoms with Crippen LogP contribution in [0, 0.1) is 0 Å². The SMILES string of the molecule is P.[Ca+2].[H-].[H-].[H-].[H-].[Mg+2].[SeH2].[Zn]. The predicted octanol–water partition coefficient (Wildman–Crippen LogP) is -1.17. The second-order valence-corrected chi connectivity index (χ2v) is 0. The molecule has 0 spiro atoms. The van der Waals surface area contributed by atoms with Crippen molar-refractivity contribution in [2.45, 2.75) is 0 Å². The van der Waals surface area contributed by atoms with Crippen LogP contribution in [0.1, 0.15) is 5.71 Å². The Bertz CT molecular complexity index is 20.5. The minimum atomic E-state index is 0. The van der Waals surface area contributed by atoms with Crippen molar-refractivity contribution in [2.75, 3.05) is 0 Å². The van der Waals surface area contributed by atoms with E-state index in [-0.39, 0.29) is 113 Å². The zero-order valence-corrected chi connectivity index (χ0v) is 13.4. The van der Waals surface area contributed by atoms with Crippen LogP contribution in [-0.4, -0.2) is 77.9 Å². The van der Waals surface area contributed by atoms with Gasteiger partial charge in [-0.3, -0.25) is 0 Å². The van der Waals surface area contributed by atoms with Crippen LogP contribution in [0.5, 0.6) is 0 Å². The summed E-state index contributed by atoms with van der Waals surface area (Å²) < 4.78 is 0. The first-order valence-electron chi connectivity index (χ1n) is 0. The summed E-state index contributed by atoms with van der Waals surface area (Å²) in [6.45, 7) is 0. The maximum Gasteiger partial charge on any atom is 0 e. The normalized spacial score (nSPS) is 0. The van der Waals surface area contributed by atoms with E-state index in [9.17, 15) is 0 Å². The van der Waals surface area contributed by atoms with E-state index >= 15 is 0 Å². The first-order valence-corrected chi connectivity index (χ1v) is 0. The van der Waals surface area contributed by atoms with Gasteiger partial charge >= 0.3 is 77.9 Å². The standard InChI is InChI=1S/Ca.Mg.H3P.H2Se.Zn.4H/h;;1H3;1H2;;;;;/q2*+2;;;;4*-1. The molecule has 0 aliphatic carbocycles. The molecule has 26 valence electrons. The van der Waals surface area contributed by atoms with E-state index in [1.165, 1.54) is 0 Å². The molecule has 0 aromatic heterocycles. The molecular weight excluding hydrogens is 240 g/mol. The average molecular weight is 249 g/mol.